The van der Waals surface area contributed by atoms with Gasteiger partial charge in [-0.1, -0.05) is 23.5 Å². The number of carbonyl (C=O) groups is 1. The molecule has 0 aliphatic carbocycles. The Morgan fingerprint density at radius 1 is 1.15 bits per heavy atom. The van der Waals surface area contributed by atoms with Gasteiger partial charge in [-0.25, -0.2) is 9.97 Å². The lowest BCUT2D eigenvalue weighted by Crippen LogP contribution is -2.35. The summed E-state index contributed by atoms with van der Waals surface area (Å²) < 4.78 is 1.21. The van der Waals surface area contributed by atoms with Crippen LogP contribution in [0.2, 0.25) is 0 Å². The molecule has 0 spiro atoms. The van der Waals surface area contributed by atoms with Gasteiger partial charge in [0.1, 0.15) is 0 Å². The zero-order valence-electron chi connectivity index (χ0n) is 14.4. The number of carbonyl (C=O) groups excluding carboxylic acids is 1. The average molecular weight is 388 g/mol. The monoisotopic (exact) mass is 387 g/mol. The summed E-state index contributed by atoms with van der Waals surface area (Å²) >= 11 is 3.15. The van der Waals surface area contributed by atoms with Crippen LogP contribution >= 0.6 is 22.7 Å². The Morgan fingerprint density at radius 2 is 2.04 bits per heavy atom. The molecule has 1 saturated heterocycles. The maximum atomic E-state index is 12.6. The standard InChI is InChI=1S/C18H21N5OS2/c19-17-20-13(12-25-17)6-7-16(24)22-8-3-9-23(11-10-22)18-21-14-4-1-2-5-15(14)26-18/h1-2,4-5,12H,3,6-11H2,(H2,19,20). The minimum absolute atomic E-state index is 0.197. The van der Waals surface area contributed by atoms with E-state index in [0.29, 0.717) is 18.0 Å². The molecule has 0 unspecified atom stereocenters. The van der Waals surface area contributed by atoms with Crippen molar-refractivity contribution in [2.75, 3.05) is 36.8 Å². The molecule has 4 rings (SSSR count). The van der Waals surface area contributed by atoms with E-state index in [1.807, 2.05) is 28.5 Å². The minimum Gasteiger partial charge on any atom is -0.375 e. The highest BCUT2D eigenvalue weighted by Gasteiger charge is 2.21. The fraction of sp³-hybridized carbons (Fsp3) is 0.389. The molecule has 1 aromatic carbocycles. The number of anilines is 2. The Morgan fingerprint density at radius 3 is 2.85 bits per heavy atom. The second-order valence-electron chi connectivity index (χ2n) is 6.36. The topological polar surface area (TPSA) is 75.3 Å². The van der Waals surface area contributed by atoms with Crippen molar-refractivity contribution in [3.8, 4) is 0 Å². The number of hydrogen-bond donors (Lipinski definition) is 1. The van der Waals surface area contributed by atoms with Crippen molar-refractivity contribution in [1.29, 1.82) is 0 Å². The fourth-order valence-electron chi connectivity index (χ4n) is 3.18. The third kappa shape index (κ3) is 3.81. The number of nitrogen functional groups attached to an aromatic ring is 1. The van der Waals surface area contributed by atoms with E-state index in [1.54, 1.807) is 11.3 Å². The lowest BCUT2D eigenvalue weighted by Gasteiger charge is -2.21. The number of para-hydroxylation sites is 1. The highest BCUT2D eigenvalue weighted by atomic mass is 32.1. The number of nitrogens with two attached hydrogens (primary N) is 1. The van der Waals surface area contributed by atoms with Crippen molar-refractivity contribution in [2.24, 2.45) is 0 Å². The third-order valence-corrected chi connectivity index (χ3v) is 6.39. The highest BCUT2D eigenvalue weighted by Crippen LogP contribution is 2.29. The van der Waals surface area contributed by atoms with E-state index in [-0.39, 0.29) is 5.91 Å². The molecule has 0 saturated carbocycles. The lowest BCUT2D eigenvalue weighted by molar-refractivity contribution is -0.130. The molecular formula is C18H21N5OS2. The quantitative estimate of drug-likeness (QED) is 0.745. The molecule has 6 nitrogen and oxygen atoms in total. The summed E-state index contributed by atoms with van der Waals surface area (Å²) in [7, 11) is 0. The molecule has 3 heterocycles. The summed E-state index contributed by atoms with van der Waals surface area (Å²) in [5.41, 5.74) is 7.61. The Labute approximate surface area is 160 Å². The molecule has 1 aliphatic heterocycles. The normalized spacial score (nSPS) is 15.4. The van der Waals surface area contributed by atoms with Crippen LogP contribution in [0.5, 0.6) is 0 Å². The number of thiazole rings is 2. The number of benzene rings is 1. The minimum atomic E-state index is 0.197. The number of fused-ring (bicyclic) bond motifs is 1. The second kappa shape index (κ2) is 7.59. The van der Waals surface area contributed by atoms with Gasteiger partial charge in [0.05, 0.1) is 15.9 Å². The largest absolute Gasteiger partial charge is 0.375 e. The van der Waals surface area contributed by atoms with E-state index in [4.69, 9.17) is 10.7 Å². The van der Waals surface area contributed by atoms with E-state index in [0.717, 1.165) is 48.9 Å². The van der Waals surface area contributed by atoms with Gasteiger partial charge in [-0.15, -0.1) is 11.3 Å². The van der Waals surface area contributed by atoms with E-state index in [1.165, 1.54) is 16.0 Å². The summed E-state index contributed by atoms with van der Waals surface area (Å²) in [5.74, 6) is 0.197. The Balaban J connectivity index is 1.35. The molecule has 1 fully saturated rings. The van der Waals surface area contributed by atoms with Gasteiger partial charge in [0.15, 0.2) is 10.3 Å². The average Bonchev–Trinajstić information content (AvgIpc) is 3.18. The Hall–Kier alpha value is -2.19. The maximum Gasteiger partial charge on any atom is 0.223 e. The van der Waals surface area contributed by atoms with Crippen LogP contribution in [0, 0.1) is 0 Å². The molecule has 0 atom stereocenters. The van der Waals surface area contributed by atoms with Crippen LogP contribution in [0.15, 0.2) is 29.6 Å². The van der Waals surface area contributed by atoms with Crippen LogP contribution in [-0.2, 0) is 11.2 Å². The van der Waals surface area contributed by atoms with Crippen molar-refractivity contribution >= 4 is 49.1 Å². The van der Waals surface area contributed by atoms with E-state index in [9.17, 15) is 4.79 Å². The number of nitrogens with zero attached hydrogens (tertiary/aromatic N) is 4. The molecule has 1 amide bonds. The van der Waals surface area contributed by atoms with E-state index >= 15 is 0 Å². The summed E-state index contributed by atoms with van der Waals surface area (Å²) in [6, 6.07) is 8.22. The molecule has 2 N–H and O–H groups in total. The Kier molecular flexibility index (Phi) is 5.03. The molecule has 0 bridgehead atoms. The van der Waals surface area contributed by atoms with Crippen LogP contribution < -0.4 is 10.6 Å². The van der Waals surface area contributed by atoms with Crippen molar-refractivity contribution in [3.05, 3.63) is 35.3 Å². The number of aryl methyl sites for hydroxylation is 1. The van der Waals surface area contributed by atoms with Crippen molar-refractivity contribution in [1.82, 2.24) is 14.9 Å². The van der Waals surface area contributed by atoms with Crippen molar-refractivity contribution in [3.63, 3.8) is 0 Å². The second-order valence-corrected chi connectivity index (χ2v) is 8.26. The van der Waals surface area contributed by atoms with E-state index < -0.39 is 0 Å². The molecular weight excluding hydrogens is 366 g/mol. The van der Waals surface area contributed by atoms with Crippen molar-refractivity contribution in [2.45, 2.75) is 19.3 Å². The molecule has 136 valence electrons. The van der Waals surface area contributed by atoms with Crippen LogP contribution in [-0.4, -0.2) is 47.0 Å². The smallest absolute Gasteiger partial charge is 0.223 e. The molecule has 1 aliphatic rings. The van der Waals surface area contributed by atoms with Gasteiger partial charge in [-0.3, -0.25) is 4.79 Å². The maximum absolute atomic E-state index is 12.6. The lowest BCUT2D eigenvalue weighted by atomic mass is 10.2. The first-order valence-corrected chi connectivity index (χ1v) is 10.5. The van der Waals surface area contributed by atoms with Gasteiger partial charge in [0, 0.05) is 38.0 Å². The highest BCUT2D eigenvalue weighted by molar-refractivity contribution is 7.22. The third-order valence-electron chi connectivity index (χ3n) is 4.57. The SMILES string of the molecule is Nc1nc(CCC(=O)N2CCCN(c3nc4ccccc4s3)CC2)cs1. The summed E-state index contributed by atoms with van der Waals surface area (Å²) in [6.45, 7) is 3.31. The van der Waals surface area contributed by atoms with E-state index in [2.05, 4.69) is 16.0 Å². The molecule has 2 aromatic heterocycles. The van der Waals surface area contributed by atoms with Crippen molar-refractivity contribution < 1.29 is 4.79 Å². The van der Waals surface area contributed by atoms with Gasteiger partial charge in [0.25, 0.3) is 0 Å². The zero-order valence-corrected chi connectivity index (χ0v) is 16.1. The van der Waals surface area contributed by atoms with Gasteiger partial charge in [-0.05, 0) is 25.0 Å². The van der Waals surface area contributed by atoms with Gasteiger partial charge >= 0.3 is 0 Å². The molecule has 0 radical (unpaired) electrons. The first-order chi connectivity index (χ1) is 12.7. The van der Waals surface area contributed by atoms with Gasteiger partial charge in [-0.2, -0.15) is 0 Å². The predicted octanol–water partition coefficient (Wildman–Crippen LogP) is 3.01. The number of hydrogen-bond acceptors (Lipinski definition) is 7. The first-order valence-electron chi connectivity index (χ1n) is 8.77. The van der Waals surface area contributed by atoms with Crippen LogP contribution in [0.4, 0.5) is 10.3 Å². The predicted molar refractivity (Wildman–Crippen MR) is 108 cm³/mol. The Bertz CT molecular complexity index is 873. The number of amides is 1. The van der Waals surface area contributed by atoms with Crippen LogP contribution in [0.1, 0.15) is 18.5 Å². The van der Waals surface area contributed by atoms with Gasteiger partial charge < -0.3 is 15.5 Å². The number of rotatable bonds is 4. The van der Waals surface area contributed by atoms with Crippen LogP contribution in [0.3, 0.4) is 0 Å². The zero-order chi connectivity index (χ0) is 17.9. The fourth-order valence-corrected chi connectivity index (χ4v) is 4.80. The summed E-state index contributed by atoms with van der Waals surface area (Å²) in [5, 5.41) is 3.55. The first kappa shape index (κ1) is 17.2. The summed E-state index contributed by atoms with van der Waals surface area (Å²) in [4.78, 5) is 25.8. The molecule has 3 aromatic rings. The van der Waals surface area contributed by atoms with Crippen LogP contribution in [0.25, 0.3) is 10.2 Å². The number of aromatic nitrogens is 2. The summed E-state index contributed by atoms with van der Waals surface area (Å²) in [6.07, 6.45) is 2.11. The molecule has 8 heteroatoms. The molecule has 26 heavy (non-hydrogen) atoms. The van der Waals surface area contributed by atoms with Gasteiger partial charge in [0.2, 0.25) is 5.91 Å².